The monoisotopic (exact) mass is 287 g/mol. The smallest absolute Gasteiger partial charge is 0.393 e. The summed E-state index contributed by atoms with van der Waals surface area (Å²) in [6.07, 6.45) is -4.07. The normalized spacial score (nSPS) is 24.0. The zero-order valence-corrected chi connectivity index (χ0v) is 11.0. The van der Waals surface area contributed by atoms with E-state index in [0.29, 0.717) is 13.1 Å². The fourth-order valence-electron chi connectivity index (χ4n) is 2.70. The third-order valence-corrected chi connectivity index (χ3v) is 3.87. The van der Waals surface area contributed by atoms with Gasteiger partial charge in [0.1, 0.15) is 0 Å². The lowest BCUT2D eigenvalue weighted by molar-refractivity contribution is -0.178. The molecule has 1 heterocycles. The van der Waals surface area contributed by atoms with Crippen molar-refractivity contribution in [3.63, 3.8) is 0 Å². The molecule has 3 nitrogen and oxygen atoms in total. The average Bonchev–Trinajstić information content (AvgIpc) is 2.71. The molecule has 1 aliphatic heterocycles. The van der Waals surface area contributed by atoms with Crippen molar-refractivity contribution >= 4 is 5.97 Å². The minimum atomic E-state index is -4.17. The molecule has 0 saturated carbocycles. The number of hydrogen-bond donors (Lipinski definition) is 1. The molecule has 20 heavy (non-hydrogen) atoms. The summed E-state index contributed by atoms with van der Waals surface area (Å²) in [6.45, 7) is 2.30. The molecule has 0 aromatic heterocycles. The molecule has 1 aromatic carbocycles. The van der Waals surface area contributed by atoms with E-state index in [-0.39, 0.29) is 12.0 Å². The Morgan fingerprint density at radius 2 is 2.15 bits per heavy atom. The molecular formula is C14H16F3NO2. The van der Waals surface area contributed by atoms with Crippen LogP contribution in [-0.4, -0.2) is 34.7 Å². The van der Waals surface area contributed by atoms with Gasteiger partial charge in [0.15, 0.2) is 0 Å². The molecule has 1 fully saturated rings. The molecule has 1 saturated heterocycles. The second kappa shape index (κ2) is 5.44. The lowest BCUT2D eigenvalue weighted by Gasteiger charge is -2.26. The summed E-state index contributed by atoms with van der Waals surface area (Å²) < 4.78 is 38.4. The predicted molar refractivity (Wildman–Crippen MR) is 67.4 cm³/mol. The zero-order chi connectivity index (χ0) is 14.9. The summed E-state index contributed by atoms with van der Waals surface area (Å²) in [6, 6.07) is 5.75. The number of carboxylic acids is 1. The van der Waals surface area contributed by atoms with Crippen LogP contribution in [-0.2, 0) is 6.54 Å². The van der Waals surface area contributed by atoms with Crippen LogP contribution in [0.25, 0.3) is 0 Å². The number of rotatable bonds is 3. The number of carbonyl (C=O) groups is 1. The molecule has 1 aromatic rings. The first kappa shape index (κ1) is 14.8. The van der Waals surface area contributed by atoms with E-state index in [9.17, 15) is 18.0 Å². The molecule has 2 rings (SSSR count). The van der Waals surface area contributed by atoms with Gasteiger partial charge in [-0.05, 0) is 37.6 Å². The number of nitrogens with zero attached hydrogens (tertiary/aromatic N) is 1. The van der Waals surface area contributed by atoms with Crippen molar-refractivity contribution in [2.75, 3.05) is 6.54 Å². The van der Waals surface area contributed by atoms with Crippen LogP contribution in [0, 0.1) is 5.92 Å². The van der Waals surface area contributed by atoms with Crippen molar-refractivity contribution in [2.45, 2.75) is 32.1 Å². The highest BCUT2D eigenvalue weighted by molar-refractivity contribution is 5.87. The van der Waals surface area contributed by atoms with Crippen molar-refractivity contribution in [1.29, 1.82) is 0 Å². The number of likely N-dealkylation sites (tertiary alicyclic amines) is 1. The van der Waals surface area contributed by atoms with Crippen molar-refractivity contribution < 1.29 is 23.1 Å². The number of aromatic carboxylic acids is 1. The van der Waals surface area contributed by atoms with Crippen LogP contribution in [0.4, 0.5) is 13.2 Å². The lowest BCUT2D eigenvalue weighted by Crippen LogP contribution is -2.35. The van der Waals surface area contributed by atoms with E-state index >= 15 is 0 Å². The molecule has 6 heteroatoms. The first-order valence-corrected chi connectivity index (χ1v) is 6.42. The van der Waals surface area contributed by atoms with E-state index in [4.69, 9.17) is 5.11 Å². The van der Waals surface area contributed by atoms with Gasteiger partial charge in [-0.25, -0.2) is 4.79 Å². The fraction of sp³-hybridized carbons (Fsp3) is 0.500. The van der Waals surface area contributed by atoms with Crippen LogP contribution < -0.4 is 0 Å². The number of benzene rings is 1. The zero-order valence-electron chi connectivity index (χ0n) is 11.0. The van der Waals surface area contributed by atoms with Gasteiger partial charge in [0.25, 0.3) is 0 Å². The van der Waals surface area contributed by atoms with E-state index in [2.05, 4.69) is 0 Å². The van der Waals surface area contributed by atoms with Gasteiger partial charge in [-0.1, -0.05) is 12.1 Å². The summed E-state index contributed by atoms with van der Waals surface area (Å²) in [5.41, 5.74) is 0.876. The number of halogens is 3. The van der Waals surface area contributed by atoms with Gasteiger partial charge in [-0.3, -0.25) is 4.90 Å². The predicted octanol–water partition coefficient (Wildman–Crippen LogP) is 3.16. The minimum Gasteiger partial charge on any atom is -0.478 e. The van der Waals surface area contributed by atoms with Crippen LogP contribution in [0.3, 0.4) is 0 Å². The summed E-state index contributed by atoms with van der Waals surface area (Å²) >= 11 is 0. The molecule has 110 valence electrons. The molecule has 0 amide bonds. The average molecular weight is 287 g/mol. The molecule has 2 atom stereocenters. The number of hydrogen-bond acceptors (Lipinski definition) is 2. The Balaban J connectivity index is 2.08. The molecular weight excluding hydrogens is 271 g/mol. The van der Waals surface area contributed by atoms with Crippen molar-refractivity contribution in [2.24, 2.45) is 5.92 Å². The largest absolute Gasteiger partial charge is 0.478 e. The van der Waals surface area contributed by atoms with Crippen LogP contribution >= 0.6 is 0 Å². The first-order valence-electron chi connectivity index (χ1n) is 6.42. The summed E-state index contributed by atoms with van der Waals surface area (Å²) in [4.78, 5) is 12.6. The maximum Gasteiger partial charge on any atom is 0.393 e. The van der Waals surface area contributed by atoms with E-state index in [1.807, 2.05) is 0 Å². The van der Waals surface area contributed by atoms with Gasteiger partial charge in [-0.2, -0.15) is 13.2 Å². The topological polar surface area (TPSA) is 40.5 Å². The SMILES string of the molecule is CC1C(C(F)(F)F)CCN1Cc1cccc(C(=O)O)c1. The van der Waals surface area contributed by atoms with E-state index in [0.717, 1.165) is 5.56 Å². The molecule has 0 radical (unpaired) electrons. The maximum absolute atomic E-state index is 12.8. The highest BCUT2D eigenvalue weighted by Crippen LogP contribution is 2.38. The lowest BCUT2D eigenvalue weighted by atomic mass is 10.0. The van der Waals surface area contributed by atoms with Crippen molar-refractivity contribution in [3.8, 4) is 0 Å². The Bertz CT molecular complexity index is 501. The molecule has 2 unspecified atom stereocenters. The number of carboxylic acid groups (broad SMARTS) is 1. The summed E-state index contributed by atoms with van der Waals surface area (Å²) in [5, 5.41) is 8.91. The Kier molecular flexibility index (Phi) is 4.04. The summed E-state index contributed by atoms with van der Waals surface area (Å²) in [7, 11) is 0. The van der Waals surface area contributed by atoms with Gasteiger partial charge in [0, 0.05) is 12.6 Å². The van der Waals surface area contributed by atoms with Crippen LogP contribution in [0.5, 0.6) is 0 Å². The molecule has 0 aliphatic carbocycles. The van der Waals surface area contributed by atoms with Crippen LogP contribution in [0.15, 0.2) is 24.3 Å². The van der Waals surface area contributed by atoms with Gasteiger partial charge >= 0.3 is 12.1 Å². The van der Waals surface area contributed by atoms with E-state index in [1.165, 1.54) is 12.1 Å². The molecule has 0 spiro atoms. The maximum atomic E-state index is 12.8. The molecule has 1 N–H and O–H groups in total. The Labute approximate surface area is 115 Å². The van der Waals surface area contributed by atoms with Gasteiger partial charge in [-0.15, -0.1) is 0 Å². The minimum absolute atomic E-state index is 0.100. The number of alkyl halides is 3. The van der Waals surface area contributed by atoms with E-state index in [1.54, 1.807) is 24.0 Å². The van der Waals surface area contributed by atoms with E-state index < -0.39 is 24.1 Å². The fourth-order valence-corrected chi connectivity index (χ4v) is 2.70. The third-order valence-electron chi connectivity index (χ3n) is 3.87. The molecule has 0 bridgehead atoms. The Morgan fingerprint density at radius 3 is 2.70 bits per heavy atom. The summed E-state index contributed by atoms with van der Waals surface area (Å²) in [5.74, 6) is -2.33. The van der Waals surface area contributed by atoms with Gasteiger partial charge in [0.05, 0.1) is 11.5 Å². The van der Waals surface area contributed by atoms with Crippen LogP contribution in [0.2, 0.25) is 0 Å². The molecule has 1 aliphatic rings. The Hall–Kier alpha value is -1.56. The Morgan fingerprint density at radius 1 is 1.45 bits per heavy atom. The first-order chi connectivity index (χ1) is 9.29. The van der Waals surface area contributed by atoms with Crippen LogP contribution in [0.1, 0.15) is 29.3 Å². The van der Waals surface area contributed by atoms with Crippen molar-refractivity contribution in [3.05, 3.63) is 35.4 Å². The van der Waals surface area contributed by atoms with Gasteiger partial charge in [0.2, 0.25) is 0 Å². The highest BCUT2D eigenvalue weighted by atomic mass is 19.4. The third kappa shape index (κ3) is 3.12. The van der Waals surface area contributed by atoms with Crippen molar-refractivity contribution in [1.82, 2.24) is 4.90 Å². The standard InChI is InChI=1S/C14H16F3NO2/c1-9-12(14(15,16)17)5-6-18(9)8-10-3-2-4-11(7-10)13(19)20/h2-4,7,9,12H,5-6,8H2,1H3,(H,19,20). The highest BCUT2D eigenvalue weighted by Gasteiger charge is 2.48. The second-order valence-electron chi connectivity index (χ2n) is 5.15. The van der Waals surface area contributed by atoms with Gasteiger partial charge < -0.3 is 5.11 Å². The second-order valence-corrected chi connectivity index (χ2v) is 5.15. The quantitative estimate of drug-likeness (QED) is 0.928.